The van der Waals surface area contributed by atoms with Gasteiger partial charge in [0.05, 0.1) is 17.5 Å². The van der Waals surface area contributed by atoms with Gasteiger partial charge in [0, 0.05) is 20.9 Å². The van der Waals surface area contributed by atoms with E-state index in [0.717, 1.165) is 6.42 Å². The fourth-order valence-electron chi connectivity index (χ4n) is 5.11. The van der Waals surface area contributed by atoms with E-state index < -0.39 is 0 Å². The van der Waals surface area contributed by atoms with Crippen molar-refractivity contribution in [2.75, 3.05) is 10.2 Å². The number of carbonyl (C=O) groups is 3. The molecular formula is C22H18Br2N2O3. The number of carbonyl (C=O) groups excluding carboxylic acids is 3. The van der Waals surface area contributed by atoms with E-state index in [1.807, 2.05) is 18.2 Å². The zero-order valence-corrected chi connectivity index (χ0v) is 18.5. The molecule has 0 aromatic heterocycles. The van der Waals surface area contributed by atoms with E-state index in [-0.39, 0.29) is 51.0 Å². The third-order valence-electron chi connectivity index (χ3n) is 6.39. The predicted molar refractivity (Wildman–Crippen MR) is 117 cm³/mol. The van der Waals surface area contributed by atoms with Gasteiger partial charge in [0.15, 0.2) is 0 Å². The fourth-order valence-corrected chi connectivity index (χ4v) is 6.99. The van der Waals surface area contributed by atoms with E-state index in [0.29, 0.717) is 16.9 Å². The van der Waals surface area contributed by atoms with Crippen LogP contribution in [0.4, 0.5) is 11.4 Å². The van der Waals surface area contributed by atoms with Crippen LogP contribution in [0.3, 0.4) is 0 Å². The third kappa shape index (κ3) is 2.89. The number of hydrogen-bond acceptors (Lipinski definition) is 3. The van der Waals surface area contributed by atoms with E-state index >= 15 is 0 Å². The normalized spacial score (nSPS) is 32.6. The lowest BCUT2D eigenvalue weighted by molar-refractivity contribution is -0.123. The van der Waals surface area contributed by atoms with Crippen molar-refractivity contribution in [1.82, 2.24) is 0 Å². The highest BCUT2D eigenvalue weighted by Crippen LogP contribution is 2.60. The number of nitrogens with zero attached hydrogens (tertiary/aromatic N) is 1. The van der Waals surface area contributed by atoms with Gasteiger partial charge in [-0.2, -0.15) is 0 Å². The van der Waals surface area contributed by atoms with Gasteiger partial charge in [-0.25, -0.2) is 0 Å². The van der Waals surface area contributed by atoms with Crippen molar-refractivity contribution in [2.45, 2.75) is 16.1 Å². The maximum absolute atomic E-state index is 13.2. The number of benzene rings is 2. The van der Waals surface area contributed by atoms with Crippen LogP contribution in [0.5, 0.6) is 0 Å². The molecule has 3 aliphatic rings. The molecule has 3 fully saturated rings. The van der Waals surface area contributed by atoms with Crippen LogP contribution < -0.4 is 10.2 Å². The molecule has 3 amide bonds. The molecule has 5 nitrogen and oxygen atoms in total. The predicted octanol–water partition coefficient (Wildman–Crippen LogP) is 4.22. The Labute approximate surface area is 185 Å². The Morgan fingerprint density at radius 1 is 0.897 bits per heavy atom. The first-order valence-electron chi connectivity index (χ1n) is 9.60. The second-order valence-corrected chi connectivity index (χ2v) is 10.0. The smallest absolute Gasteiger partial charge is 0.255 e. The second kappa shape index (κ2) is 7.06. The molecule has 2 aliphatic carbocycles. The molecule has 7 heteroatoms. The Balaban J connectivity index is 1.42. The lowest BCUT2D eigenvalue weighted by atomic mass is 9.81. The Hall–Kier alpha value is -1.99. The Morgan fingerprint density at radius 3 is 2.14 bits per heavy atom. The van der Waals surface area contributed by atoms with Gasteiger partial charge in [0.25, 0.3) is 5.91 Å². The molecule has 1 heterocycles. The number of fused-ring (bicyclic) bond motifs is 5. The number of halogens is 2. The van der Waals surface area contributed by atoms with Crippen molar-refractivity contribution in [1.29, 1.82) is 0 Å². The molecule has 1 aliphatic heterocycles. The van der Waals surface area contributed by atoms with Crippen molar-refractivity contribution < 1.29 is 14.4 Å². The molecule has 0 spiro atoms. The lowest BCUT2D eigenvalue weighted by Crippen LogP contribution is -2.37. The first kappa shape index (κ1) is 19.0. The SMILES string of the molecule is O=C(Nc1ccccc1)c1cccc(N2C(=O)[C@@H]3[C@H]4C[C@@H]([C@@H](Br)[C@H]4Br)[C@H]3C2=O)c1. The number of hydrogen-bond donors (Lipinski definition) is 1. The summed E-state index contributed by atoms with van der Waals surface area (Å²) in [6, 6.07) is 15.9. The first-order valence-corrected chi connectivity index (χ1v) is 11.4. The zero-order valence-electron chi connectivity index (χ0n) is 15.3. The summed E-state index contributed by atoms with van der Waals surface area (Å²) in [6.07, 6.45) is 0.895. The molecule has 5 rings (SSSR count). The monoisotopic (exact) mass is 516 g/mol. The number of para-hydroxylation sites is 1. The quantitative estimate of drug-likeness (QED) is 0.489. The van der Waals surface area contributed by atoms with Crippen LogP contribution in [-0.2, 0) is 9.59 Å². The van der Waals surface area contributed by atoms with Crippen LogP contribution in [0.25, 0.3) is 0 Å². The molecule has 2 aromatic rings. The van der Waals surface area contributed by atoms with Crippen molar-refractivity contribution in [2.24, 2.45) is 23.7 Å². The Kier molecular flexibility index (Phi) is 4.62. The summed E-state index contributed by atoms with van der Waals surface area (Å²) >= 11 is 7.40. The van der Waals surface area contributed by atoms with Gasteiger partial charge >= 0.3 is 0 Å². The minimum atomic E-state index is -0.279. The average molecular weight is 518 g/mol. The van der Waals surface area contributed by atoms with Gasteiger partial charge in [0.1, 0.15) is 0 Å². The van der Waals surface area contributed by atoms with E-state index in [9.17, 15) is 14.4 Å². The van der Waals surface area contributed by atoms with E-state index in [1.54, 1.807) is 36.4 Å². The highest BCUT2D eigenvalue weighted by atomic mass is 79.9. The van der Waals surface area contributed by atoms with Crippen LogP contribution in [0.15, 0.2) is 54.6 Å². The molecule has 2 aromatic carbocycles. The standard InChI is InChI=1S/C22H18Br2N2O3/c23-18-14-10-15(19(18)24)17-16(14)21(28)26(22(17)29)13-8-4-5-11(9-13)20(27)25-12-6-2-1-3-7-12/h1-9,14-19H,10H2,(H,25,27)/t14-,15-,16-,17-,18-,19+/m1/s1. The van der Waals surface area contributed by atoms with Crippen LogP contribution in [0, 0.1) is 23.7 Å². The van der Waals surface area contributed by atoms with Gasteiger partial charge in [-0.15, -0.1) is 0 Å². The lowest BCUT2D eigenvalue weighted by Gasteiger charge is -2.28. The van der Waals surface area contributed by atoms with Gasteiger partial charge in [0.2, 0.25) is 11.8 Å². The first-order chi connectivity index (χ1) is 14.0. The summed E-state index contributed by atoms with van der Waals surface area (Å²) < 4.78 is 0. The average Bonchev–Trinajstić information content (AvgIpc) is 3.33. The van der Waals surface area contributed by atoms with Gasteiger partial charge in [-0.05, 0) is 48.6 Å². The van der Waals surface area contributed by atoms with Crippen LogP contribution in [0.2, 0.25) is 0 Å². The number of imide groups is 1. The number of nitrogens with one attached hydrogen (secondary N) is 1. The van der Waals surface area contributed by atoms with Gasteiger partial charge in [-0.1, -0.05) is 56.1 Å². The van der Waals surface area contributed by atoms with E-state index in [1.165, 1.54) is 4.90 Å². The summed E-state index contributed by atoms with van der Waals surface area (Å²) in [5.41, 5.74) is 1.56. The topological polar surface area (TPSA) is 66.5 Å². The summed E-state index contributed by atoms with van der Waals surface area (Å²) in [4.78, 5) is 40.7. The maximum Gasteiger partial charge on any atom is 0.255 e. The summed E-state index contributed by atoms with van der Waals surface area (Å²) in [5, 5.41) is 2.83. The number of anilines is 2. The fraction of sp³-hybridized carbons (Fsp3) is 0.318. The van der Waals surface area contributed by atoms with Crippen molar-refractivity contribution in [3.8, 4) is 0 Å². The molecule has 6 atom stereocenters. The molecule has 0 radical (unpaired) electrons. The molecule has 0 unspecified atom stereocenters. The second-order valence-electron chi connectivity index (χ2n) is 7.89. The Morgan fingerprint density at radius 2 is 1.52 bits per heavy atom. The van der Waals surface area contributed by atoms with Crippen molar-refractivity contribution in [3.63, 3.8) is 0 Å². The minimum Gasteiger partial charge on any atom is -0.322 e. The molecular weight excluding hydrogens is 500 g/mol. The number of alkyl halides is 2. The summed E-state index contributed by atoms with van der Waals surface area (Å²) in [5.74, 6) is -0.770. The Bertz CT molecular complexity index is 980. The van der Waals surface area contributed by atoms with Crippen molar-refractivity contribution in [3.05, 3.63) is 60.2 Å². The minimum absolute atomic E-state index is 0.142. The molecule has 148 valence electrons. The van der Waals surface area contributed by atoms with Crippen LogP contribution in [-0.4, -0.2) is 27.4 Å². The van der Waals surface area contributed by atoms with Crippen LogP contribution >= 0.6 is 31.9 Å². The van der Waals surface area contributed by atoms with Gasteiger partial charge in [-0.3, -0.25) is 19.3 Å². The van der Waals surface area contributed by atoms with E-state index in [2.05, 4.69) is 37.2 Å². The molecule has 2 bridgehead atoms. The zero-order chi connectivity index (χ0) is 20.3. The molecule has 29 heavy (non-hydrogen) atoms. The van der Waals surface area contributed by atoms with E-state index in [4.69, 9.17) is 0 Å². The molecule has 2 saturated carbocycles. The van der Waals surface area contributed by atoms with Gasteiger partial charge < -0.3 is 5.32 Å². The summed E-state index contributed by atoms with van der Waals surface area (Å²) in [7, 11) is 0. The van der Waals surface area contributed by atoms with Crippen LogP contribution in [0.1, 0.15) is 16.8 Å². The maximum atomic E-state index is 13.2. The molecule has 1 saturated heterocycles. The third-order valence-corrected chi connectivity index (χ3v) is 9.59. The number of rotatable bonds is 3. The number of amides is 3. The largest absolute Gasteiger partial charge is 0.322 e. The highest BCUT2D eigenvalue weighted by molar-refractivity contribution is 9.12. The van der Waals surface area contributed by atoms with Crippen molar-refractivity contribution >= 4 is 61.0 Å². The summed E-state index contributed by atoms with van der Waals surface area (Å²) in [6.45, 7) is 0. The molecule has 1 N–H and O–H groups in total. The highest BCUT2D eigenvalue weighted by Gasteiger charge is 2.66.